The molecule has 0 spiro atoms. The topological polar surface area (TPSA) is 24.9 Å². The van der Waals surface area contributed by atoms with Crippen molar-refractivity contribution in [3.8, 4) is 11.5 Å². The van der Waals surface area contributed by atoms with Crippen LogP contribution in [-0.4, -0.2) is 55.7 Å². The van der Waals surface area contributed by atoms with Crippen molar-refractivity contribution < 1.29 is 13.9 Å². The maximum absolute atomic E-state index is 13.0. The normalized spacial score (nSPS) is 25.6. The van der Waals surface area contributed by atoms with Gasteiger partial charge >= 0.3 is 0 Å². The Morgan fingerprint density at radius 2 is 1.47 bits per heavy atom. The molecule has 32 heavy (non-hydrogen) atoms. The molecular formula is C27H35FN2O2. The molecular weight excluding hydrogens is 403 g/mol. The van der Waals surface area contributed by atoms with Crippen molar-refractivity contribution in [2.45, 2.75) is 32.2 Å². The van der Waals surface area contributed by atoms with E-state index in [0.717, 1.165) is 43.3 Å². The van der Waals surface area contributed by atoms with Crippen LogP contribution in [0.15, 0.2) is 48.5 Å². The van der Waals surface area contributed by atoms with Gasteiger partial charge in [0.05, 0.1) is 6.61 Å². The van der Waals surface area contributed by atoms with Gasteiger partial charge in [-0.05, 0) is 92.1 Å². The molecule has 1 saturated carbocycles. The minimum absolute atomic E-state index is 0.252. The summed E-state index contributed by atoms with van der Waals surface area (Å²) in [5, 5.41) is 0. The average Bonchev–Trinajstić information content (AvgIpc) is 3.27. The van der Waals surface area contributed by atoms with Gasteiger partial charge in [-0.15, -0.1) is 0 Å². The third-order valence-electron chi connectivity index (χ3n) is 7.35. The Labute approximate surface area is 191 Å². The van der Waals surface area contributed by atoms with E-state index in [-0.39, 0.29) is 5.82 Å². The predicted octanol–water partition coefficient (Wildman–Crippen LogP) is 5.19. The minimum Gasteiger partial charge on any atom is -0.457 e. The highest BCUT2D eigenvalue weighted by molar-refractivity contribution is 5.33. The first kappa shape index (κ1) is 21.9. The van der Waals surface area contributed by atoms with Crippen molar-refractivity contribution in [1.29, 1.82) is 0 Å². The van der Waals surface area contributed by atoms with Gasteiger partial charge in [0, 0.05) is 32.8 Å². The highest BCUT2D eigenvalue weighted by Gasteiger charge is 2.55. The quantitative estimate of drug-likeness (QED) is 0.477. The monoisotopic (exact) mass is 438 g/mol. The summed E-state index contributed by atoms with van der Waals surface area (Å²) >= 11 is 0. The van der Waals surface area contributed by atoms with Gasteiger partial charge in [0.2, 0.25) is 0 Å². The lowest BCUT2D eigenvalue weighted by molar-refractivity contribution is 0.0967. The second-order valence-corrected chi connectivity index (χ2v) is 9.72. The van der Waals surface area contributed by atoms with Crippen LogP contribution in [0.25, 0.3) is 0 Å². The third kappa shape index (κ3) is 5.69. The highest BCUT2D eigenvalue weighted by atomic mass is 19.1. The summed E-state index contributed by atoms with van der Waals surface area (Å²) in [5.74, 6) is 3.63. The molecule has 2 aromatic rings. The standard InChI is InChI=1S/C27H35FN2O2/c28-22-7-11-24(12-8-22)32-23-9-5-21(6-10-23)17-30-18-25-26(19-30)27(25)20-31-16-4-15-29-13-2-1-3-14-29/h5-12,25-27H,1-4,13-20H2/t25-,26+,27+. The fraction of sp³-hybridized carbons (Fsp3) is 0.556. The Balaban J connectivity index is 0.971. The van der Waals surface area contributed by atoms with E-state index in [0.29, 0.717) is 5.75 Å². The molecule has 0 radical (unpaired) electrons. The van der Waals surface area contributed by atoms with Crippen molar-refractivity contribution in [1.82, 2.24) is 9.80 Å². The number of piperidine rings is 2. The predicted molar refractivity (Wildman–Crippen MR) is 124 cm³/mol. The third-order valence-corrected chi connectivity index (χ3v) is 7.35. The van der Waals surface area contributed by atoms with Crippen LogP contribution < -0.4 is 4.74 Å². The van der Waals surface area contributed by atoms with E-state index in [1.165, 1.54) is 76.1 Å². The summed E-state index contributed by atoms with van der Waals surface area (Å²) in [6.07, 6.45) is 5.33. The first-order valence-electron chi connectivity index (χ1n) is 12.3. The molecule has 172 valence electrons. The molecule has 0 N–H and O–H groups in total. The molecule has 2 saturated heterocycles. The Morgan fingerprint density at radius 1 is 0.812 bits per heavy atom. The number of rotatable bonds is 10. The van der Waals surface area contributed by atoms with E-state index in [9.17, 15) is 4.39 Å². The van der Waals surface area contributed by atoms with Crippen LogP contribution in [0, 0.1) is 23.6 Å². The molecule has 5 rings (SSSR count). The van der Waals surface area contributed by atoms with Gasteiger partial charge in [0.15, 0.2) is 0 Å². The Morgan fingerprint density at radius 3 is 2.16 bits per heavy atom. The highest BCUT2D eigenvalue weighted by Crippen LogP contribution is 2.52. The van der Waals surface area contributed by atoms with Crippen LogP contribution in [0.1, 0.15) is 31.2 Å². The zero-order chi connectivity index (χ0) is 21.8. The molecule has 0 unspecified atom stereocenters. The zero-order valence-electron chi connectivity index (χ0n) is 18.9. The number of halogens is 1. The summed E-state index contributed by atoms with van der Waals surface area (Å²) in [4.78, 5) is 5.16. The number of hydrogen-bond acceptors (Lipinski definition) is 4. The van der Waals surface area contributed by atoms with Crippen molar-refractivity contribution >= 4 is 0 Å². The first-order chi connectivity index (χ1) is 15.7. The number of likely N-dealkylation sites (tertiary alicyclic amines) is 2. The molecule has 0 bridgehead atoms. The molecule has 1 aliphatic carbocycles. The van der Waals surface area contributed by atoms with Crippen LogP contribution in [0.4, 0.5) is 4.39 Å². The Bertz CT molecular complexity index is 839. The molecule has 0 aromatic heterocycles. The molecule has 2 heterocycles. The van der Waals surface area contributed by atoms with E-state index in [4.69, 9.17) is 9.47 Å². The average molecular weight is 439 g/mol. The van der Waals surface area contributed by atoms with E-state index in [1.807, 2.05) is 12.1 Å². The van der Waals surface area contributed by atoms with Crippen LogP contribution in [-0.2, 0) is 11.3 Å². The maximum Gasteiger partial charge on any atom is 0.127 e. The summed E-state index contributed by atoms with van der Waals surface area (Å²) in [5.41, 5.74) is 1.31. The van der Waals surface area contributed by atoms with Gasteiger partial charge < -0.3 is 14.4 Å². The minimum atomic E-state index is -0.252. The van der Waals surface area contributed by atoms with E-state index in [1.54, 1.807) is 12.1 Å². The number of ether oxygens (including phenoxy) is 2. The molecule has 2 aromatic carbocycles. The summed E-state index contributed by atoms with van der Waals surface area (Å²) in [6.45, 7) is 9.03. The van der Waals surface area contributed by atoms with Crippen molar-refractivity contribution in [2.75, 3.05) is 45.9 Å². The Kier molecular flexibility index (Phi) is 7.06. The molecule has 2 aliphatic heterocycles. The fourth-order valence-electron chi connectivity index (χ4n) is 5.47. The first-order valence-corrected chi connectivity index (χ1v) is 12.3. The molecule has 0 amide bonds. The van der Waals surface area contributed by atoms with Gasteiger partial charge in [0.25, 0.3) is 0 Å². The molecule has 4 nitrogen and oxygen atoms in total. The number of hydrogen-bond donors (Lipinski definition) is 0. The lowest BCUT2D eigenvalue weighted by Gasteiger charge is -2.26. The SMILES string of the molecule is Fc1ccc(Oc2ccc(CN3C[C@@H]4[C@@H](COCCCN5CCCCC5)[C@@H]4C3)cc2)cc1. The van der Waals surface area contributed by atoms with Crippen molar-refractivity contribution in [3.63, 3.8) is 0 Å². The largest absolute Gasteiger partial charge is 0.457 e. The van der Waals surface area contributed by atoms with Crippen molar-refractivity contribution in [3.05, 3.63) is 59.9 Å². The van der Waals surface area contributed by atoms with Crippen LogP contribution in [0.3, 0.4) is 0 Å². The number of benzene rings is 2. The van der Waals surface area contributed by atoms with Crippen molar-refractivity contribution in [2.24, 2.45) is 17.8 Å². The van der Waals surface area contributed by atoms with Gasteiger partial charge in [-0.2, -0.15) is 0 Å². The molecule has 5 heteroatoms. The van der Waals surface area contributed by atoms with Gasteiger partial charge in [-0.3, -0.25) is 4.90 Å². The smallest absolute Gasteiger partial charge is 0.127 e. The van der Waals surface area contributed by atoms with Crippen LogP contribution >= 0.6 is 0 Å². The molecule has 3 atom stereocenters. The van der Waals surface area contributed by atoms with Gasteiger partial charge in [-0.1, -0.05) is 18.6 Å². The molecule has 3 fully saturated rings. The summed E-state index contributed by atoms with van der Waals surface area (Å²) in [6, 6.07) is 14.4. The number of fused-ring (bicyclic) bond motifs is 1. The fourth-order valence-corrected chi connectivity index (χ4v) is 5.47. The summed E-state index contributed by atoms with van der Waals surface area (Å²) < 4.78 is 24.8. The van der Waals surface area contributed by atoms with E-state index >= 15 is 0 Å². The zero-order valence-corrected chi connectivity index (χ0v) is 18.9. The maximum atomic E-state index is 13.0. The summed E-state index contributed by atoms with van der Waals surface area (Å²) in [7, 11) is 0. The lowest BCUT2D eigenvalue weighted by Crippen LogP contribution is -2.31. The second-order valence-electron chi connectivity index (χ2n) is 9.72. The van der Waals surface area contributed by atoms with E-state index < -0.39 is 0 Å². The Hall–Kier alpha value is -1.95. The van der Waals surface area contributed by atoms with Crippen LogP contribution in [0.2, 0.25) is 0 Å². The van der Waals surface area contributed by atoms with Gasteiger partial charge in [-0.25, -0.2) is 4.39 Å². The molecule has 3 aliphatic rings. The lowest BCUT2D eigenvalue weighted by atomic mass is 10.1. The van der Waals surface area contributed by atoms with Crippen LogP contribution in [0.5, 0.6) is 11.5 Å². The second kappa shape index (κ2) is 10.3. The van der Waals surface area contributed by atoms with Gasteiger partial charge in [0.1, 0.15) is 17.3 Å². The number of nitrogens with zero attached hydrogens (tertiary/aromatic N) is 2. The van der Waals surface area contributed by atoms with E-state index in [2.05, 4.69) is 21.9 Å².